The monoisotopic (exact) mass is 331 g/mol. The second kappa shape index (κ2) is 8.29. The molecule has 132 valence electrons. The topological polar surface area (TPSA) is 61.4 Å². The lowest BCUT2D eigenvalue weighted by molar-refractivity contribution is -0.133. The molecule has 0 spiro atoms. The average molecular weight is 331 g/mol. The van der Waals surface area contributed by atoms with Crippen LogP contribution in [0.15, 0.2) is 24.3 Å². The van der Waals surface area contributed by atoms with E-state index in [2.05, 4.69) is 10.6 Å². The maximum Gasteiger partial charge on any atom is 0.252 e. The van der Waals surface area contributed by atoms with E-state index in [1.54, 1.807) is 6.07 Å². The molecule has 1 fully saturated rings. The molecule has 0 radical (unpaired) electrons. The third-order valence-corrected chi connectivity index (χ3v) is 4.70. The van der Waals surface area contributed by atoms with Crippen molar-refractivity contribution in [3.05, 3.63) is 35.4 Å². The maximum atomic E-state index is 12.9. The Morgan fingerprint density at radius 1 is 1.29 bits per heavy atom. The summed E-state index contributed by atoms with van der Waals surface area (Å²) in [6, 6.07) is 6.97. The van der Waals surface area contributed by atoms with Crippen LogP contribution in [-0.2, 0) is 4.79 Å². The summed E-state index contributed by atoms with van der Waals surface area (Å²) in [5.74, 6) is 0.407. The molecule has 5 nitrogen and oxygen atoms in total. The van der Waals surface area contributed by atoms with Crippen LogP contribution < -0.4 is 10.6 Å². The summed E-state index contributed by atoms with van der Waals surface area (Å²) < 4.78 is 0. The Hall–Kier alpha value is -1.88. The van der Waals surface area contributed by atoms with Crippen molar-refractivity contribution in [1.82, 2.24) is 15.5 Å². The molecule has 1 aliphatic rings. The lowest BCUT2D eigenvalue weighted by atomic mass is 10.0. The number of amides is 2. The van der Waals surface area contributed by atoms with Crippen LogP contribution in [0.3, 0.4) is 0 Å². The van der Waals surface area contributed by atoms with Crippen molar-refractivity contribution < 1.29 is 9.59 Å². The van der Waals surface area contributed by atoms with E-state index in [1.165, 1.54) is 0 Å². The first-order chi connectivity index (χ1) is 11.4. The van der Waals surface area contributed by atoms with Gasteiger partial charge in [-0.2, -0.15) is 0 Å². The van der Waals surface area contributed by atoms with Gasteiger partial charge in [0.1, 0.15) is 6.04 Å². The van der Waals surface area contributed by atoms with Crippen LogP contribution in [0, 0.1) is 18.8 Å². The largest absolute Gasteiger partial charge is 0.341 e. The zero-order valence-corrected chi connectivity index (χ0v) is 15.1. The van der Waals surface area contributed by atoms with E-state index in [9.17, 15) is 9.59 Å². The minimum Gasteiger partial charge on any atom is -0.341 e. The molecule has 0 aliphatic carbocycles. The predicted molar refractivity (Wildman–Crippen MR) is 95.9 cm³/mol. The van der Waals surface area contributed by atoms with Crippen molar-refractivity contribution in [3.63, 3.8) is 0 Å². The van der Waals surface area contributed by atoms with Crippen molar-refractivity contribution in [2.45, 2.75) is 33.2 Å². The van der Waals surface area contributed by atoms with Gasteiger partial charge in [-0.3, -0.25) is 9.59 Å². The molecule has 0 bridgehead atoms. The van der Waals surface area contributed by atoms with E-state index < -0.39 is 6.04 Å². The number of nitrogens with zero attached hydrogens (tertiary/aromatic N) is 1. The normalized spacial score (nSPS) is 18.7. The van der Waals surface area contributed by atoms with E-state index >= 15 is 0 Å². The molecule has 1 aromatic carbocycles. The lowest BCUT2D eigenvalue weighted by Gasteiger charge is -2.27. The molecular weight excluding hydrogens is 302 g/mol. The molecule has 0 saturated carbocycles. The highest BCUT2D eigenvalue weighted by Crippen LogP contribution is 2.18. The summed E-state index contributed by atoms with van der Waals surface area (Å²) in [5.41, 5.74) is 1.55. The van der Waals surface area contributed by atoms with E-state index in [4.69, 9.17) is 0 Å². The number of likely N-dealkylation sites (tertiary alicyclic amines) is 1. The molecule has 24 heavy (non-hydrogen) atoms. The fraction of sp³-hybridized carbons (Fsp3) is 0.579. The Balaban J connectivity index is 2.05. The van der Waals surface area contributed by atoms with Gasteiger partial charge in [0, 0.05) is 18.7 Å². The Bertz CT molecular complexity index is 586. The van der Waals surface area contributed by atoms with Gasteiger partial charge in [-0.15, -0.1) is 0 Å². The first kappa shape index (κ1) is 18.5. The van der Waals surface area contributed by atoms with E-state index in [1.807, 2.05) is 50.9 Å². The number of rotatable bonds is 6. The van der Waals surface area contributed by atoms with E-state index in [-0.39, 0.29) is 17.7 Å². The molecule has 2 atom stereocenters. The number of benzene rings is 1. The van der Waals surface area contributed by atoms with Gasteiger partial charge in [-0.1, -0.05) is 32.0 Å². The Morgan fingerprint density at radius 2 is 2.00 bits per heavy atom. The first-order valence-corrected chi connectivity index (χ1v) is 8.74. The van der Waals surface area contributed by atoms with Gasteiger partial charge < -0.3 is 15.5 Å². The minimum absolute atomic E-state index is 0.0329. The van der Waals surface area contributed by atoms with Crippen LogP contribution in [0.5, 0.6) is 0 Å². The maximum absolute atomic E-state index is 12.9. The highest BCUT2D eigenvalue weighted by molar-refractivity contribution is 5.98. The Labute approximate surface area is 144 Å². The molecule has 1 heterocycles. The van der Waals surface area contributed by atoms with Gasteiger partial charge in [-0.05, 0) is 50.4 Å². The summed E-state index contributed by atoms with van der Waals surface area (Å²) in [7, 11) is 1.93. The number of carbonyl (C=O) groups is 2. The number of nitrogens with one attached hydrogen (secondary N) is 2. The van der Waals surface area contributed by atoms with Crippen LogP contribution >= 0.6 is 0 Å². The third kappa shape index (κ3) is 4.35. The van der Waals surface area contributed by atoms with Gasteiger partial charge >= 0.3 is 0 Å². The fourth-order valence-electron chi connectivity index (χ4n) is 3.25. The second-order valence-corrected chi connectivity index (χ2v) is 7.01. The van der Waals surface area contributed by atoms with Crippen molar-refractivity contribution >= 4 is 11.8 Å². The van der Waals surface area contributed by atoms with Crippen molar-refractivity contribution in [3.8, 4) is 0 Å². The average Bonchev–Trinajstić information content (AvgIpc) is 3.01. The molecule has 2 unspecified atom stereocenters. The SMILES string of the molecule is CNCC1CCN(C(=O)C(NC(=O)c2ccccc2C)C(C)C)C1. The lowest BCUT2D eigenvalue weighted by Crippen LogP contribution is -2.50. The molecule has 1 saturated heterocycles. The number of carbonyl (C=O) groups excluding carboxylic acids is 2. The van der Waals surface area contributed by atoms with Gasteiger partial charge in [0.25, 0.3) is 5.91 Å². The molecule has 0 aromatic heterocycles. The van der Waals surface area contributed by atoms with Gasteiger partial charge in [0.15, 0.2) is 0 Å². The van der Waals surface area contributed by atoms with Crippen LogP contribution in [0.2, 0.25) is 0 Å². The smallest absolute Gasteiger partial charge is 0.252 e. The zero-order chi connectivity index (χ0) is 17.7. The quantitative estimate of drug-likeness (QED) is 0.836. The molecule has 2 rings (SSSR count). The molecule has 2 amide bonds. The van der Waals surface area contributed by atoms with E-state index in [0.29, 0.717) is 11.5 Å². The third-order valence-electron chi connectivity index (χ3n) is 4.70. The summed E-state index contributed by atoms with van der Waals surface area (Å²) >= 11 is 0. The predicted octanol–water partition coefficient (Wildman–Crippen LogP) is 1.82. The van der Waals surface area contributed by atoms with Gasteiger partial charge in [0.2, 0.25) is 5.91 Å². The summed E-state index contributed by atoms with van der Waals surface area (Å²) in [5, 5.41) is 6.12. The number of aryl methyl sites for hydroxylation is 1. The van der Waals surface area contributed by atoms with Crippen LogP contribution in [0.1, 0.15) is 36.2 Å². The minimum atomic E-state index is -0.481. The van der Waals surface area contributed by atoms with E-state index in [0.717, 1.165) is 31.6 Å². The number of hydrogen-bond acceptors (Lipinski definition) is 3. The summed E-state index contributed by atoms with van der Waals surface area (Å²) in [4.78, 5) is 27.3. The first-order valence-electron chi connectivity index (χ1n) is 8.74. The highest BCUT2D eigenvalue weighted by Gasteiger charge is 2.33. The Morgan fingerprint density at radius 3 is 2.62 bits per heavy atom. The standard InChI is InChI=1S/C19H29N3O2/c1-13(2)17(19(24)22-10-9-15(12-22)11-20-4)21-18(23)16-8-6-5-7-14(16)3/h5-8,13,15,17,20H,9-12H2,1-4H3,(H,21,23). The molecule has 5 heteroatoms. The summed E-state index contributed by atoms with van der Waals surface area (Å²) in [6.07, 6.45) is 1.02. The molecule has 1 aromatic rings. The summed E-state index contributed by atoms with van der Waals surface area (Å²) in [6.45, 7) is 8.32. The van der Waals surface area contributed by atoms with Gasteiger partial charge in [0.05, 0.1) is 0 Å². The number of hydrogen-bond donors (Lipinski definition) is 2. The van der Waals surface area contributed by atoms with Crippen LogP contribution in [0.4, 0.5) is 0 Å². The van der Waals surface area contributed by atoms with Crippen molar-refractivity contribution in [2.24, 2.45) is 11.8 Å². The fourth-order valence-corrected chi connectivity index (χ4v) is 3.25. The molecule has 2 N–H and O–H groups in total. The zero-order valence-electron chi connectivity index (χ0n) is 15.1. The second-order valence-electron chi connectivity index (χ2n) is 7.01. The van der Waals surface area contributed by atoms with Gasteiger partial charge in [-0.25, -0.2) is 0 Å². The van der Waals surface area contributed by atoms with Crippen LogP contribution in [-0.4, -0.2) is 49.4 Å². The molecule has 1 aliphatic heterocycles. The Kier molecular flexibility index (Phi) is 6.37. The molecular formula is C19H29N3O2. The van der Waals surface area contributed by atoms with Crippen molar-refractivity contribution in [2.75, 3.05) is 26.7 Å². The highest BCUT2D eigenvalue weighted by atomic mass is 16.2. The van der Waals surface area contributed by atoms with Crippen molar-refractivity contribution in [1.29, 1.82) is 0 Å². The van der Waals surface area contributed by atoms with Crippen LogP contribution in [0.25, 0.3) is 0 Å².